The van der Waals surface area contributed by atoms with Gasteiger partial charge >= 0.3 is 0 Å². The molecule has 5 heteroatoms. The molecule has 0 spiro atoms. The molecular formula is C15H27N3OS. The molecule has 1 fully saturated rings. The lowest BCUT2D eigenvalue weighted by atomic mass is 10.1. The molecule has 2 atom stereocenters. The van der Waals surface area contributed by atoms with E-state index >= 15 is 0 Å². The van der Waals surface area contributed by atoms with Gasteiger partial charge in [-0.3, -0.25) is 4.90 Å². The molecule has 114 valence electrons. The van der Waals surface area contributed by atoms with Crippen molar-refractivity contribution < 1.29 is 5.11 Å². The smallest absolute Gasteiger partial charge is 0.185 e. The predicted octanol–water partition coefficient (Wildman–Crippen LogP) is 2.72. The minimum absolute atomic E-state index is 0.201. The van der Waals surface area contributed by atoms with Gasteiger partial charge in [-0.2, -0.15) is 0 Å². The van der Waals surface area contributed by atoms with Gasteiger partial charge in [-0.1, -0.05) is 0 Å². The van der Waals surface area contributed by atoms with Gasteiger partial charge in [0.1, 0.15) is 0 Å². The van der Waals surface area contributed by atoms with Crippen LogP contribution in [0.15, 0.2) is 6.20 Å². The summed E-state index contributed by atoms with van der Waals surface area (Å²) < 4.78 is 0. The topological polar surface area (TPSA) is 39.6 Å². The van der Waals surface area contributed by atoms with E-state index in [2.05, 4.69) is 28.6 Å². The largest absolute Gasteiger partial charge is 0.393 e. The van der Waals surface area contributed by atoms with Gasteiger partial charge in [0.25, 0.3) is 0 Å². The predicted molar refractivity (Wildman–Crippen MR) is 85.4 cm³/mol. The lowest BCUT2D eigenvalue weighted by Crippen LogP contribution is -2.31. The van der Waals surface area contributed by atoms with Gasteiger partial charge in [-0.05, 0) is 46.6 Å². The first-order valence-electron chi connectivity index (χ1n) is 7.75. The fourth-order valence-electron chi connectivity index (χ4n) is 2.97. The molecule has 0 radical (unpaired) electrons. The summed E-state index contributed by atoms with van der Waals surface area (Å²) in [6.45, 7) is 10.4. The number of anilines is 1. The average molecular weight is 297 g/mol. The van der Waals surface area contributed by atoms with Gasteiger partial charge in [0.15, 0.2) is 5.13 Å². The molecule has 2 heterocycles. The van der Waals surface area contributed by atoms with Gasteiger partial charge in [0.2, 0.25) is 0 Å². The minimum Gasteiger partial charge on any atom is -0.393 e. The first-order chi connectivity index (χ1) is 9.63. The summed E-state index contributed by atoms with van der Waals surface area (Å²) in [5, 5.41) is 10.7. The number of hydrogen-bond acceptors (Lipinski definition) is 5. The lowest BCUT2D eigenvalue weighted by molar-refractivity contribution is 0.131. The monoisotopic (exact) mass is 297 g/mol. The van der Waals surface area contributed by atoms with Gasteiger partial charge in [0.05, 0.1) is 6.10 Å². The summed E-state index contributed by atoms with van der Waals surface area (Å²) in [5.41, 5.74) is 0. The molecule has 1 aromatic rings. The van der Waals surface area contributed by atoms with E-state index in [0.29, 0.717) is 6.04 Å². The van der Waals surface area contributed by atoms with Crippen LogP contribution in [0.5, 0.6) is 0 Å². The van der Waals surface area contributed by atoms with Gasteiger partial charge in [0, 0.05) is 36.8 Å². The molecule has 20 heavy (non-hydrogen) atoms. The van der Waals surface area contributed by atoms with E-state index in [-0.39, 0.29) is 6.10 Å². The third-order valence-corrected chi connectivity index (χ3v) is 5.09. The number of nitrogens with zero attached hydrogens (tertiary/aromatic N) is 3. The summed E-state index contributed by atoms with van der Waals surface area (Å²) in [7, 11) is 0. The number of aliphatic hydroxyl groups excluding tert-OH is 1. The first-order valence-corrected chi connectivity index (χ1v) is 8.57. The fraction of sp³-hybridized carbons (Fsp3) is 0.800. The standard InChI is InChI=1S/C15H27N3OS/c1-4-17(5-2)15-16-10-14(20-15)11-18-8-6-7-13(18)9-12(3)19/h10,12-13,19H,4-9,11H2,1-3H3. The molecule has 1 aromatic heterocycles. The zero-order valence-electron chi connectivity index (χ0n) is 12.9. The summed E-state index contributed by atoms with van der Waals surface area (Å²) in [5.74, 6) is 0. The van der Waals surface area contributed by atoms with Crippen molar-refractivity contribution in [3.8, 4) is 0 Å². The highest BCUT2D eigenvalue weighted by atomic mass is 32.1. The molecular weight excluding hydrogens is 270 g/mol. The van der Waals surface area contributed by atoms with Crippen molar-refractivity contribution in [2.24, 2.45) is 0 Å². The SMILES string of the molecule is CCN(CC)c1ncc(CN2CCCC2CC(C)O)s1. The minimum atomic E-state index is -0.201. The van der Waals surface area contributed by atoms with Crippen molar-refractivity contribution in [3.63, 3.8) is 0 Å². The number of aromatic nitrogens is 1. The van der Waals surface area contributed by atoms with Crippen LogP contribution in [0.2, 0.25) is 0 Å². The lowest BCUT2D eigenvalue weighted by Gasteiger charge is -2.24. The van der Waals surface area contributed by atoms with Crippen LogP contribution in [-0.2, 0) is 6.54 Å². The van der Waals surface area contributed by atoms with Gasteiger partial charge in [-0.15, -0.1) is 11.3 Å². The molecule has 0 bridgehead atoms. The Balaban J connectivity index is 1.95. The zero-order valence-corrected chi connectivity index (χ0v) is 13.7. The third kappa shape index (κ3) is 3.93. The highest BCUT2D eigenvalue weighted by Gasteiger charge is 2.26. The molecule has 0 saturated carbocycles. The van der Waals surface area contributed by atoms with Crippen LogP contribution in [0.3, 0.4) is 0 Å². The molecule has 0 aliphatic carbocycles. The Labute approximate surface area is 126 Å². The summed E-state index contributed by atoms with van der Waals surface area (Å²) in [6.07, 6.45) is 5.18. The van der Waals surface area contributed by atoms with Crippen molar-refractivity contribution in [2.45, 2.75) is 58.7 Å². The Morgan fingerprint density at radius 3 is 2.90 bits per heavy atom. The summed E-state index contributed by atoms with van der Waals surface area (Å²) in [6, 6.07) is 0.536. The number of hydrogen-bond donors (Lipinski definition) is 1. The Morgan fingerprint density at radius 2 is 2.25 bits per heavy atom. The highest BCUT2D eigenvalue weighted by Crippen LogP contribution is 2.28. The van der Waals surface area contributed by atoms with Gasteiger partial charge in [-0.25, -0.2) is 4.98 Å². The van der Waals surface area contributed by atoms with E-state index in [0.717, 1.165) is 37.7 Å². The van der Waals surface area contributed by atoms with E-state index in [1.807, 2.05) is 24.5 Å². The van der Waals surface area contributed by atoms with Crippen LogP contribution < -0.4 is 4.90 Å². The molecule has 1 aliphatic heterocycles. The normalized spacial score (nSPS) is 21.3. The maximum absolute atomic E-state index is 9.59. The zero-order chi connectivity index (χ0) is 14.5. The highest BCUT2D eigenvalue weighted by molar-refractivity contribution is 7.15. The van der Waals surface area contributed by atoms with Crippen LogP contribution in [0.25, 0.3) is 0 Å². The van der Waals surface area contributed by atoms with Crippen LogP contribution in [-0.4, -0.2) is 46.8 Å². The summed E-state index contributed by atoms with van der Waals surface area (Å²) >= 11 is 1.81. The van der Waals surface area contributed by atoms with Crippen molar-refractivity contribution in [1.29, 1.82) is 0 Å². The molecule has 1 saturated heterocycles. The summed E-state index contributed by atoms with van der Waals surface area (Å²) in [4.78, 5) is 10.7. The molecule has 1 N–H and O–H groups in total. The first kappa shape index (κ1) is 15.7. The second-order valence-electron chi connectivity index (χ2n) is 5.63. The van der Waals surface area contributed by atoms with E-state index in [1.54, 1.807) is 0 Å². The maximum Gasteiger partial charge on any atom is 0.185 e. The molecule has 2 unspecified atom stereocenters. The Kier molecular flexibility index (Phi) is 5.81. The Hall–Kier alpha value is -0.650. The second-order valence-corrected chi connectivity index (χ2v) is 6.73. The fourth-order valence-corrected chi connectivity index (χ4v) is 4.04. The van der Waals surface area contributed by atoms with Crippen molar-refractivity contribution in [3.05, 3.63) is 11.1 Å². The number of rotatable bonds is 7. The van der Waals surface area contributed by atoms with Crippen molar-refractivity contribution in [1.82, 2.24) is 9.88 Å². The Bertz CT molecular complexity index is 404. The van der Waals surface area contributed by atoms with E-state index < -0.39 is 0 Å². The van der Waals surface area contributed by atoms with E-state index in [9.17, 15) is 5.11 Å². The molecule has 2 rings (SSSR count). The van der Waals surface area contributed by atoms with Crippen molar-refractivity contribution in [2.75, 3.05) is 24.5 Å². The van der Waals surface area contributed by atoms with Gasteiger partial charge < -0.3 is 10.0 Å². The number of likely N-dealkylation sites (tertiary alicyclic amines) is 1. The Morgan fingerprint density at radius 1 is 1.50 bits per heavy atom. The molecule has 0 aromatic carbocycles. The number of aliphatic hydroxyl groups is 1. The van der Waals surface area contributed by atoms with Crippen LogP contribution in [0.4, 0.5) is 5.13 Å². The van der Waals surface area contributed by atoms with Crippen molar-refractivity contribution >= 4 is 16.5 Å². The maximum atomic E-state index is 9.59. The van der Waals surface area contributed by atoms with Crippen LogP contribution in [0.1, 0.15) is 44.9 Å². The molecule has 0 amide bonds. The average Bonchev–Trinajstić information content (AvgIpc) is 3.02. The van der Waals surface area contributed by atoms with E-state index in [4.69, 9.17) is 0 Å². The molecule has 1 aliphatic rings. The molecule has 4 nitrogen and oxygen atoms in total. The number of thiazole rings is 1. The second kappa shape index (κ2) is 7.38. The van der Waals surface area contributed by atoms with Crippen LogP contribution in [0, 0.1) is 0 Å². The van der Waals surface area contributed by atoms with Crippen LogP contribution >= 0.6 is 11.3 Å². The third-order valence-electron chi connectivity index (χ3n) is 4.05. The quantitative estimate of drug-likeness (QED) is 0.840. The van der Waals surface area contributed by atoms with E-state index in [1.165, 1.54) is 17.7 Å².